The summed E-state index contributed by atoms with van der Waals surface area (Å²) >= 11 is 5.96. The Balaban J connectivity index is 1.38. The molecule has 1 atom stereocenters. The number of halogens is 1. The summed E-state index contributed by atoms with van der Waals surface area (Å²) in [5, 5.41) is 17.7. The minimum absolute atomic E-state index is 0.132. The van der Waals surface area contributed by atoms with Gasteiger partial charge in [0.05, 0.1) is 0 Å². The Hall–Kier alpha value is -2.12. The van der Waals surface area contributed by atoms with E-state index in [2.05, 4.69) is 27.7 Å². The lowest BCUT2D eigenvalue weighted by atomic mass is 10.0. The molecule has 0 radical (unpaired) electrons. The monoisotopic (exact) mass is 445 g/mol. The van der Waals surface area contributed by atoms with Gasteiger partial charge in [-0.15, -0.1) is 0 Å². The molecule has 0 aliphatic carbocycles. The number of anilines is 1. The molecule has 0 aromatic heterocycles. The fraction of sp³-hybridized carbons (Fsp3) is 0.458. The van der Waals surface area contributed by atoms with Crippen molar-refractivity contribution in [3.05, 3.63) is 59.1 Å². The molecule has 1 aliphatic rings. The highest BCUT2D eigenvalue weighted by Gasteiger charge is 2.25. The molecule has 1 heterocycles. The van der Waals surface area contributed by atoms with Crippen molar-refractivity contribution in [3.8, 4) is 5.75 Å². The van der Waals surface area contributed by atoms with E-state index < -0.39 is 5.60 Å². The molecule has 7 heteroatoms. The van der Waals surface area contributed by atoms with Gasteiger partial charge in [0, 0.05) is 42.8 Å². The summed E-state index contributed by atoms with van der Waals surface area (Å²) in [5.41, 5.74) is 0.955. The van der Waals surface area contributed by atoms with E-state index >= 15 is 0 Å². The summed E-state index contributed by atoms with van der Waals surface area (Å²) in [4.78, 5) is 13.6. The lowest BCUT2D eigenvalue weighted by molar-refractivity contribution is -0.114. The van der Waals surface area contributed by atoms with Crippen LogP contribution in [0.2, 0.25) is 5.02 Å². The third-order valence-electron chi connectivity index (χ3n) is 5.38. The van der Waals surface area contributed by atoms with E-state index in [1.807, 2.05) is 24.3 Å². The summed E-state index contributed by atoms with van der Waals surface area (Å²) in [6.45, 7) is 6.84. The van der Waals surface area contributed by atoms with Crippen molar-refractivity contribution in [2.75, 3.05) is 31.6 Å². The second-order valence-corrected chi connectivity index (χ2v) is 8.99. The molecule has 3 N–H and O–H groups in total. The maximum Gasteiger partial charge on any atom is 0.221 e. The van der Waals surface area contributed by atoms with Crippen LogP contribution in [-0.2, 0) is 11.3 Å². The summed E-state index contributed by atoms with van der Waals surface area (Å²) in [6.07, 6.45) is 2.09. The van der Waals surface area contributed by atoms with Crippen LogP contribution in [0, 0.1) is 0 Å². The van der Waals surface area contributed by atoms with Crippen LogP contribution in [0.4, 0.5) is 5.69 Å². The number of rotatable bonds is 9. The van der Waals surface area contributed by atoms with Crippen LogP contribution in [0.1, 0.15) is 32.3 Å². The number of piperidine rings is 1. The van der Waals surface area contributed by atoms with Crippen LogP contribution >= 0.6 is 11.6 Å². The first-order chi connectivity index (χ1) is 14.8. The van der Waals surface area contributed by atoms with Crippen LogP contribution in [0.5, 0.6) is 5.75 Å². The molecule has 3 rings (SSSR count). The average molecular weight is 446 g/mol. The van der Waals surface area contributed by atoms with Crippen LogP contribution < -0.4 is 15.4 Å². The van der Waals surface area contributed by atoms with E-state index in [0.717, 1.165) is 37.5 Å². The van der Waals surface area contributed by atoms with Crippen LogP contribution in [-0.4, -0.2) is 53.8 Å². The fourth-order valence-electron chi connectivity index (χ4n) is 3.66. The smallest absolute Gasteiger partial charge is 0.221 e. The summed E-state index contributed by atoms with van der Waals surface area (Å²) in [6, 6.07) is 15.6. The predicted molar refractivity (Wildman–Crippen MR) is 125 cm³/mol. The third-order valence-corrected chi connectivity index (χ3v) is 5.63. The number of carbonyl (C=O) groups is 1. The van der Waals surface area contributed by atoms with Gasteiger partial charge in [-0.1, -0.05) is 29.8 Å². The van der Waals surface area contributed by atoms with E-state index in [0.29, 0.717) is 24.0 Å². The molecular formula is C24H32ClN3O3. The highest BCUT2D eigenvalue weighted by atomic mass is 35.5. The van der Waals surface area contributed by atoms with Gasteiger partial charge in [-0.2, -0.15) is 0 Å². The first-order valence-electron chi connectivity index (χ1n) is 10.7. The molecule has 2 aromatic rings. The largest absolute Gasteiger partial charge is 0.490 e. The zero-order chi connectivity index (χ0) is 22.3. The topological polar surface area (TPSA) is 73.8 Å². The first kappa shape index (κ1) is 23.5. The Labute approximate surface area is 189 Å². The van der Waals surface area contributed by atoms with Gasteiger partial charge in [0.15, 0.2) is 0 Å². The zero-order valence-electron chi connectivity index (χ0n) is 18.2. The maximum absolute atomic E-state index is 11.2. The molecular weight excluding hydrogens is 414 g/mol. The fourth-order valence-corrected chi connectivity index (χ4v) is 3.79. The molecule has 2 aromatic carbocycles. The number of aliphatic hydroxyl groups is 1. The van der Waals surface area contributed by atoms with Gasteiger partial charge in [0.25, 0.3) is 0 Å². The van der Waals surface area contributed by atoms with Crippen LogP contribution in [0.3, 0.4) is 0 Å². The number of amides is 1. The number of likely N-dealkylation sites (tertiary alicyclic amines) is 1. The zero-order valence-corrected chi connectivity index (χ0v) is 19.0. The van der Waals surface area contributed by atoms with Gasteiger partial charge in [-0.05, 0) is 62.7 Å². The van der Waals surface area contributed by atoms with Crippen molar-refractivity contribution < 1.29 is 14.6 Å². The standard InChI is InChI=1S/C24H32ClN3O3/c1-18(29)27-22-4-3-5-23(14-22)31-17-24(2,30)16-26-21-10-12-28(13-11-21)15-19-6-8-20(25)9-7-19/h3-9,14,21,26,30H,10-13,15-17H2,1-2H3,(H,27,29). The molecule has 1 amide bonds. The first-order valence-corrected chi connectivity index (χ1v) is 11.1. The SMILES string of the molecule is CC(=O)Nc1cccc(OCC(C)(O)CNC2CCN(Cc3ccc(Cl)cc3)CC2)c1. The number of ether oxygens (including phenoxy) is 1. The minimum Gasteiger partial charge on any atom is -0.490 e. The van der Waals surface area contributed by atoms with Crippen molar-refractivity contribution in [1.29, 1.82) is 0 Å². The second-order valence-electron chi connectivity index (χ2n) is 8.55. The predicted octanol–water partition coefficient (Wildman–Crippen LogP) is 3.68. The summed E-state index contributed by atoms with van der Waals surface area (Å²) < 4.78 is 5.77. The van der Waals surface area contributed by atoms with Crippen molar-refractivity contribution in [2.24, 2.45) is 0 Å². The number of hydrogen-bond donors (Lipinski definition) is 3. The molecule has 1 saturated heterocycles. The van der Waals surface area contributed by atoms with E-state index in [1.165, 1.54) is 12.5 Å². The normalized spacial score (nSPS) is 17.2. The van der Waals surface area contributed by atoms with Gasteiger partial charge >= 0.3 is 0 Å². The van der Waals surface area contributed by atoms with Crippen LogP contribution in [0.25, 0.3) is 0 Å². The van der Waals surface area contributed by atoms with E-state index in [-0.39, 0.29) is 12.5 Å². The Bertz CT molecular complexity index is 849. The molecule has 0 saturated carbocycles. The number of nitrogens with one attached hydrogen (secondary N) is 2. The Morgan fingerprint density at radius 2 is 1.94 bits per heavy atom. The van der Waals surface area contributed by atoms with Gasteiger partial charge < -0.3 is 20.5 Å². The molecule has 1 fully saturated rings. The Kier molecular flexibility index (Phi) is 8.32. The second kappa shape index (κ2) is 11.0. The molecule has 0 spiro atoms. The number of carbonyl (C=O) groups excluding carboxylic acids is 1. The Morgan fingerprint density at radius 1 is 1.23 bits per heavy atom. The number of nitrogens with zero attached hydrogens (tertiary/aromatic N) is 1. The van der Waals surface area contributed by atoms with Crippen molar-refractivity contribution in [2.45, 2.75) is 44.9 Å². The quantitative estimate of drug-likeness (QED) is 0.549. The number of hydrogen-bond acceptors (Lipinski definition) is 5. The van der Waals surface area contributed by atoms with E-state index in [1.54, 1.807) is 19.1 Å². The van der Waals surface area contributed by atoms with Gasteiger partial charge in [-0.25, -0.2) is 0 Å². The van der Waals surface area contributed by atoms with E-state index in [9.17, 15) is 9.90 Å². The summed E-state index contributed by atoms with van der Waals surface area (Å²) in [5.74, 6) is 0.481. The number of benzene rings is 2. The third kappa shape index (κ3) is 8.15. The summed E-state index contributed by atoms with van der Waals surface area (Å²) in [7, 11) is 0. The molecule has 6 nitrogen and oxygen atoms in total. The molecule has 31 heavy (non-hydrogen) atoms. The molecule has 168 valence electrons. The van der Waals surface area contributed by atoms with E-state index in [4.69, 9.17) is 16.3 Å². The maximum atomic E-state index is 11.2. The molecule has 1 aliphatic heterocycles. The van der Waals surface area contributed by atoms with Crippen molar-refractivity contribution in [3.63, 3.8) is 0 Å². The van der Waals surface area contributed by atoms with Crippen molar-refractivity contribution in [1.82, 2.24) is 10.2 Å². The van der Waals surface area contributed by atoms with Crippen molar-refractivity contribution >= 4 is 23.2 Å². The molecule has 0 bridgehead atoms. The average Bonchev–Trinajstić information content (AvgIpc) is 2.73. The van der Waals surface area contributed by atoms with Gasteiger partial charge in [0.1, 0.15) is 18.0 Å². The Morgan fingerprint density at radius 3 is 2.61 bits per heavy atom. The highest BCUT2D eigenvalue weighted by Crippen LogP contribution is 2.20. The lowest BCUT2D eigenvalue weighted by Gasteiger charge is -2.34. The minimum atomic E-state index is -0.996. The lowest BCUT2D eigenvalue weighted by Crippen LogP contribution is -2.49. The van der Waals surface area contributed by atoms with Gasteiger partial charge in [-0.3, -0.25) is 9.69 Å². The highest BCUT2D eigenvalue weighted by molar-refractivity contribution is 6.30. The van der Waals surface area contributed by atoms with Gasteiger partial charge in [0.2, 0.25) is 5.91 Å². The molecule has 1 unspecified atom stereocenters. The van der Waals surface area contributed by atoms with Crippen LogP contribution in [0.15, 0.2) is 48.5 Å².